The molecule has 0 bridgehead atoms. The molecule has 1 aromatic rings. The van der Waals surface area contributed by atoms with Crippen molar-refractivity contribution in [1.82, 2.24) is 5.32 Å². The summed E-state index contributed by atoms with van der Waals surface area (Å²) in [6.07, 6.45) is 1.82. The maximum Gasteiger partial charge on any atom is 0.223 e. The lowest BCUT2D eigenvalue weighted by Gasteiger charge is -2.12. The SMILES string of the molecule is CCC(CC)C(=O)NCc1sccc1Br. The van der Waals surface area contributed by atoms with Crippen molar-refractivity contribution in [2.24, 2.45) is 5.92 Å². The number of carbonyl (C=O) groups is 1. The van der Waals surface area contributed by atoms with Gasteiger partial charge in [-0.2, -0.15) is 0 Å². The molecule has 1 amide bonds. The van der Waals surface area contributed by atoms with Crippen LogP contribution < -0.4 is 5.32 Å². The third-order valence-electron chi connectivity index (χ3n) is 2.47. The fourth-order valence-corrected chi connectivity index (χ4v) is 2.85. The van der Waals surface area contributed by atoms with Crippen molar-refractivity contribution in [2.45, 2.75) is 33.2 Å². The molecule has 0 aliphatic heterocycles. The maximum absolute atomic E-state index is 11.7. The Bertz CT molecular complexity index is 320. The molecule has 4 heteroatoms. The molecule has 0 saturated carbocycles. The van der Waals surface area contributed by atoms with Crippen molar-refractivity contribution >= 4 is 33.2 Å². The van der Waals surface area contributed by atoms with E-state index < -0.39 is 0 Å². The molecule has 0 aliphatic rings. The maximum atomic E-state index is 11.7. The summed E-state index contributed by atoms with van der Waals surface area (Å²) in [4.78, 5) is 12.9. The molecule has 1 N–H and O–H groups in total. The molecule has 2 nitrogen and oxygen atoms in total. The van der Waals surface area contributed by atoms with Gasteiger partial charge in [0.15, 0.2) is 0 Å². The molecule has 1 aromatic heterocycles. The number of hydrogen-bond acceptors (Lipinski definition) is 2. The fourth-order valence-electron chi connectivity index (χ4n) is 1.42. The molecule has 0 fully saturated rings. The van der Waals surface area contributed by atoms with Crippen molar-refractivity contribution in [3.05, 3.63) is 20.8 Å². The molecule has 84 valence electrons. The summed E-state index contributed by atoms with van der Waals surface area (Å²) in [5.41, 5.74) is 0. The quantitative estimate of drug-likeness (QED) is 0.882. The molecule has 0 saturated heterocycles. The van der Waals surface area contributed by atoms with Crippen molar-refractivity contribution in [2.75, 3.05) is 0 Å². The molecule has 0 radical (unpaired) electrons. The Morgan fingerprint density at radius 1 is 1.53 bits per heavy atom. The standard InChI is InChI=1S/C11H16BrNOS/c1-3-8(4-2)11(14)13-7-10-9(12)5-6-15-10/h5-6,8H,3-4,7H2,1-2H3,(H,13,14). The normalized spacial score (nSPS) is 10.7. The first-order chi connectivity index (χ1) is 7.19. The monoisotopic (exact) mass is 289 g/mol. The van der Waals surface area contributed by atoms with Crippen LogP contribution in [0.3, 0.4) is 0 Å². The predicted octanol–water partition coefficient (Wildman–Crippen LogP) is 3.56. The van der Waals surface area contributed by atoms with Gasteiger partial charge >= 0.3 is 0 Å². The smallest absolute Gasteiger partial charge is 0.223 e. The lowest BCUT2D eigenvalue weighted by atomic mass is 10.0. The third-order valence-corrected chi connectivity index (χ3v) is 4.40. The Kier molecular flexibility index (Phi) is 5.32. The summed E-state index contributed by atoms with van der Waals surface area (Å²) in [5.74, 6) is 0.323. The lowest BCUT2D eigenvalue weighted by molar-refractivity contribution is -0.125. The Labute approximate surface area is 103 Å². The van der Waals surface area contributed by atoms with Gasteiger partial charge in [-0.3, -0.25) is 4.79 Å². The number of halogens is 1. The molecular formula is C11H16BrNOS. The zero-order valence-electron chi connectivity index (χ0n) is 9.05. The van der Waals surface area contributed by atoms with E-state index in [1.54, 1.807) is 11.3 Å². The molecular weight excluding hydrogens is 274 g/mol. The van der Waals surface area contributed by atoms with Crippen LogP contribution in [0.4, 0.5) is 0 Å². The molecule has 0 aromatic carbocycles. The highest BCUT2D eigenvalue weighted by molar-refractivity contribution is 9.10. The van der Waals surface area contributed by atoms with E-state index in [2.05, 4.69) is 35.1 Å². The second-order valence-corrected chi connectivity index (χ2v) is 5.28. The average molecular weight is 290 g/mol. The van der Waals surface area contributed by atoms with E-state index in [9.17, 15) is 4.79 Å². The molecule has 0 spiro atoms. The average Bonchev–Trinajstić information content (AvgIpc) is 2.63. The van der Waals surface area contributed by atoms with Crippen LogP contribution in [0.2, 0.25) is 0 Å². The first kappa shape index (κ1) is 12.7. The summed E-state index contributed by atoms with van der Waals surface area (Å²) in [5, 5.41) is 4.99. The third kappa shape index (κ3) is 3.61. The Balaban J connectivity index is 2.43. The second kappa shape index (κ2) is 6.28. The minimum absolute atomic E-state index is 0.156. The van der Waals surface area contributed by atoms with Gasteiger partial charge in [0.05, 0.1) is 6.54 Å². The fraction of sp³-hybridized carbons (Fsp3) is 0.545. The number of rotatable bonds is 5. The Morgan fingerprint density at radius 3 is 2.67 bits per heavy atom. The Hall–Kier alpha value is -0.350. The number of amides is 1. The molecule has 1 rings (SSSR count). The van der Waals surface area contributed by atoms with E-state index in [1.807, 2.05) is 11.4 Å². The molecule has 1 heterocycles. The largest absolute Gasteiger partial charge is 0.351 e. The van der Waals surface area contributed by atoms with E-state index in [0.717, 1.165) is 17.3 Å². The van der Waals surface area contributed by atoms with Crippen LogP contribution in [-0.2, 0) is 11.3 Å². The van der Waals surface area contributed by atoms with Crippen LogP contribution in [-0.4, -0.2) is 5.91 Å². The summed E-state index contributed by atoms with van der Waals surface area (Å²) >= 11 is 5.10. The van der Waals surface area contributed by atoms with Crippen LogP contribution in [0.5, 0.6) is 0 Å². The number of hydrogen-bond donors (Lipinski definition) is 1. The van der Waals surface area contributed by atoms with Crippen LogP contribution in [0.15, 0.2) is 15.9 Å². The highest BCUT2D eigenvalue weighted by Gasteiger charge is 2.13. The number of thiophene rings is 1. The molecule has 15 heavy (non-hydrogen) atoms. The van der Waals surface area contributed by atoms with Crippen LogP contribution in [0.25, 0.3) is 0 Å². The predicted molar refractivity (Wildman–Crippen MR) is 67.9 cm³/mol. The first-order valence-electron chi connectivity index (χ1n) is 5.18. The van der Waals surface area contributed by atoms with E-state index >= 15 is 0 Å². The molecule has 0 atom stereocenters. The summed E-state index contributed by atoms with van der Waals surface area (Å²) in [7, 11) is 0. The number of carbonyl (C=O) groups excluding carboxylic acids is 1. The van der Waals surface area contributed by atoms with Gasteiger partial charge in [-0.1, -0.05) is 13.8 Å². The van der Waals surface area contributed by atoms with Gasteiger partial charge in [-0.25, -0.2) is 0 Å². The van der Waals surface area contributed by atoms with Crippen LogP contribution >= 0.6 is 27.3 Å². The van der Waals surface area contributed by atoms with Gasteiger partial charge in [0.2, 0.25) is 5.91 Å². The summed E-state index contributed by atoms with van der Waals surface area (Å²) in [6, 6.07) is 2.00. The highest BCUT2D eigenvalue weighted by Crippen LogP contribution is 2.22. The van der Waals surface area contributed by atoms with Crippen LogP contribution in [0, 0.1) is 5.92 Å². The van der Waals surface area contributed by atoms with Gasteiger partial charge in [0.25, 0.3) is 0 Å². The van der Waals surface area contributed by atoms with Crippen molar-refractivity contribution in [3.63, 3.8) is 0 Å². The first-order valence-corrected chi connectivity index (χ1v) is 6.85. The zero-order chi connectivity index (χ0) is 11.3. The van der Waals surface area contributed by atoms with Gasteiger partial charge < -0.3 is 5.32 Å². The number of nitrogens with one attached hydrogen (secondary N) is 1. The van der Waals surface area contributed by atoms with Gasteiger partial charge in [0, 0.05) is 15.3 Å². The van der Waals surface area contributed by atoms with Crippen molar-refractivity contribution < 1.29 is 4.79 Å². The highest BCUT2D eigenvalue weighted by atomic mass is 79.9. The second-order valence-electron chi connectivity index (χ2n) is 3.42. The van der Waals surface area contributed by atoms with Gasteiger partial charge in [0.1, 0.15) is 0 Å². The Morgan fingerprint density at radius 2 is 2.20 bits per heavy atom. The zero-order valence-corrected chi connectivity index (χ0v) is 11.5. The van der Waals surface area contributed by atoms with Crippen molar-refractivity contribution in [1.29, 1.82) is 0 Å². The lowest BCUT2D eigenvalue weighted by Crippen LogP contribution is -2.29. The van der Waals surface area contributed by atoms with E-state index in [4.69, 9.17) is 0 Å². The molecule has 0 aliphatic carbocycles. The van der Waals surface area contributed by atoms with E-state index in [0.29, 0.717) is 6.54 Å². The molecule has 0 unspecified atom stereocenters. The van der Waals surface area contributed by atoms with E-state index in [-0.39, 0.29) is 11.8 Å². The summed E-state index contributed by atoms with van der Waals surface area (Å²) < 4.78 is 1.08. The van der Waals surface area contributed by atoms with Gasteiger partial charge in [-0.15, -0.1) is 11.3 Å². The van der Waals surface area contributed by atoms with E-state index in [1.165, 1.54) is 4.88 Å². The van der Waals surface area contributed by atoms with Gasteiger partial charge in [-0.05, 0) is 40.2 Å². The summed E-state index contributed by atoms with van der Waals surface area (Å²) in [6.45, 7) is 4.73. The van der Waals surface area contributed by atoms with Crippen LogP contribution in [0.1, 0.15) is 31.6 Å². The minimum atomic E-state index is 0.156. The minimum Gasteiger partial charge on any atom is -0.351 e. The topological polar surface area (TPSA) is 29.1 Å². The van der Waals surface area contributed by atoms with Crippen molar-refractivity contribution in [3.8, 4) is 0 Å².